The zero-order valence-corrected chi connectivity index (χ0v) is 11.9. The number of nitrogens with two attached hydrogens (primary N) is 1. The minimum Gasteiger partial charge on any atom is -0.355 e. The molecule has 2 heterocycles. The molecule has 100 valence electrons. The molecule has 0 bridgehead atoms. The number of hydrogen-bond donors (Lipinski definition) is 1. The highest BCUT2D eigenvalue weighted by atomic mass is 15.3. The second-order valence-corrected chi connectivity index (χ2v) is 5.44. The second kappa shape index (κ2) is 5.24. The molecule has 1 aromatic rings. The maximum absolute atomic E-state index is 5.89. The van der Waals surface area contributed by atoms with Gasteiger partial charge in [-0.05, 0) is 46.0 Å². The van der Waals surface area contributed by atoms with E-state index >= 15 is 0 Å². The molecule has 1 aliphatic heterocycles. The summed E-state index contributed by atoms with van der Waals surface area (Å²) in [6.07, 6.45) is 1.20. The Morgan fingerprint density at radius 1 is 1.44 bits per heavy atom. The molecule has 18 heavy (non-hydrogen) atoms. The quantitative estimate of drug-likeness (QED) is 0.876. The lowest BCUT2D eigenvalue weighted by Crippen LogP contribution is -2.32. The number of pyridine rings is 1. The Kier molecular flexibility index (Phi) is 3.88. The number of aromatic nitrogens is 1. The summed E-state index contributed by atoms with van der Waals surface area (Å²) in [7, 11) is 4.29. The molecule has 2 rings (SSSR count). The van der Waals surface area contributed by atoms with Gasteiger partial charge in [-0.2, -0.15) is 0 Å². The lowest BCUT2D eigenvalue weighted by atomic mass is 10.1. The van der Waals surface area contributed by atoms with Gasteiger partial charge in [-0.25, -0.2) is 4.98 Å². The molecule has 1 aromatic heterocycles. The Morgan fingerprint density at radius 3 is 2.72 bits per heavy atom. The fourth-order valence-corrected chi connectivity index (χ4v) is 2.71. The number of hydrogen-bond acceptors (Lipinski definition) is 4. The van der Waals surface area contributed by atoms with E-state index in [-0.39, 0.29) is 0 Å². The smallest absolute Gasteiger partial charge is 0.133 e. The number of rotatable bonds is 3. The van der Waals surface area contributed by atoms with E-state index in [1.165, 1.54) is 17.5 Å². The van der Waals surface area contributed by atoms with Crippen molar-refractivity contribution in [3.63, 3.8) is 0 Å². The van der Waals surface area contributed by atoms with Crippen molar-refractivity contribution < 1.29 is 0 Å². The fourth-order valence-electron chi connectivity index (χ4n) is 2.71. The average molecular weight is 248 g/mol. The van der Waals surface area contributed by atoms with Crippen molar-refractivity contribution in [2.45, 2.75) is 32.9 Å². The molecule has 1 saturated heterocycles. The highest BCUT2D eigenvalue weighted by Crippen LogP contribution is 2.26. The van der Waals surface area contributed by atoms with Crippen LogP contribution in [0.15, 0.2) is 6.07 Å². The van der Waals surface area contributed by atoms with Crippen LogP contribution in [0.4, 0.5) is 5.82 Å². The SMILES string of the molecule is Cc1cc(C)c(CN)c(N2CCC(N(C)C)C2)n1. The van der Waals surface area contributed by atoms with E-state index in [0.29, 0.717) is 12.6 Å². The van der Waals surface area contributed by atoms with E-state index in [1.54, 1.807) is 0 Å². The van der Waals surface area contributed by atoms with Gasteiger partial charge >= 0.3 is 0 Å². The zero-order valence-electron chi connectivity index (χ0n) is 11.9. The highest BCUT2D eigenvalue weighted by molar-refractivity contribution is 5.52. The van der Waals surface area contributed by atoms with Crippen molar-refractivity contribution in [1.29, 1.82) is 0 Å². The van der Waals surface area contributed by atoms with E-state index < -0.39 is 0 Å². The second-order valence-electron chi connectivity index (χ2n) is 5.44. The molecule has 4 heteroatoms. The topological polar surface area (TPSA) is 45.4 Å². The predicted molar refractivity (Wildman–Crippen MR) is 75.9 cm³/mol. The van der Waals surface area contributed by atoms with Crippen molar-refractivity contribution in [1.82, 2.24) is 9.88 Å². The van der Waals surface area contributed by atoms with E-state index in [4.69, 9.17) is 10.7 Å². The number of nitrogens with zero attached hydrogens (tertiary/aromatic N) is 3. The Balaban J connectivity index is 2.29. The Morgan fingerprint density at radius 2 is 2.17 bits per heavy atom. The van der Waals surface area contributed by atoms with Crippen LogP contribution in [0, 0.1) is 13.8 Å². The predicted octanol–water partition coefficient (Wildman–Crippen LogP) is 1.30. The fraction of sp³-hybridized carbons (Fsp3) is 0.643. The van der Waals surface area contributed by atoms with Gasteiger partial charge < -0.3 is 15.5 Å². The van der Waals surface area contributed by atoms with Crippen molar-refractivity contribution in [2.75, 3.05) is 32.1 Å². The monoisotopic (exact) mass is 248 g/mol. The first kappa shape index (κ1) is 13.3. The Hall–Kier alpha value is -1.13. The van der Waals surface area contributed by atoms with E-state index in [9.17, 15) is 0 Å². The van der Waals surface area contributed by atoms with Gasteiger partial charge in [-0.1, -0.05) is 0 Å². The van der Waals surface area contributed by atoms with Crippen LogP contribution in [0.3, 0.4) is 0 Å². The first-order valence-electron chi connectivity index (χ1n) is 6.61. The number of aryl methyl sites for hydroxylation is 2. The van der Waals surface area contributed by atoms with Gasteiger partial charge in [-0.15, -0.1) is 0 Å². The standard InChI is InChI=1S/C14H24N4/c1-10-7-11(2)16-14(13(10)8-15)18-6-5-12(9-18)17(3)4/h7,12H,5-6,8-9,15H2,1-4H3. The molecular formula is C14H24N4. The molecular weight excluding hydrogens is 224 g/mol. The van der Waals surface area contributed by atoms with Gasteiger partial charge in [0.15, 0.2) is 0 Å². The maximum Gasteiger partial charge on any atom is 0.133 e. The molecule has 2 N–H and O–H groups in total. The van der Waals surface area contributed by atoms with Crippen molar-refractivity contribution in [3.8, 4) is 0 Å². The minimum absolute atomic E-state index is 0.567. The van der Waals surface area contributed by atoms with Crippen LogP contribution in [-0.4, -0.2) is 43.1 Å². The van der Waals surface area contributed by atoms with E-state index in [1.807, 2.05) is 0 Å². The van der Waals surface area contributed by atoms with Crippen LogP contribution in [-0.2, 0) is 6.54 Å². The Labute approximate surface area is 110 Å². The zero-order chi connectivity index (χ0) is 13.3. The third-order valence-corrected chi connectivity index (χ3v) is 3.85. The molecule has 1 unspecified atom stereocenters. The summed E-state index contributed by atoms with van der Waals surface area (Å²) >= 11 is 0. The molecule has 0 saturated carbocycles. The van der Waals surface area contributed by atoms with Gasteiger partial charge in [0.05, 0.1) is 0 Å². The third-order valence-electron chi connectivity index (χ3n) is 3.85. The maximum atomic E-state index is 5.89. The lowest BCUT2D eigenvalue weighted by molar-refractivity contribution is 0.315. The molecule has 0 amide bonds. The molecule has 0 aromatic carbocycles. The minimum atomic E-state index is 0.567. The summed E-state index contributed by atoms with van der Waals surface area (Å²) in [5.74, 6) is 1.10. The summed E-state index contributed by atoms with van der Waals surface area (Å²) < 4.78 is 0. The van der Waals surface area contributed by atoms with Crippen LogP contribution < -0.4 is 10.6 Å². The van der Waals surface area contributed by atoms with Crippen LogP contribution in [0.1, 0.15) is 23.2 Å². The molecule has 0 radical (unpaired) electrons. The highest BCUT2D eigenvalue weighted by Gasteiger charge is 2.26. The molecule has 1 aliphatic rings. The van der Waals surface area contributed by atoms with E-state index in [2.05, 4.69) is 43.8 Å². The van der Waals surface area contributed by atoms with Gasteiger partial charge in [0.2, 0.25) is 0 Å². The largest absolute Gasteiger partial charge is 0.355 e. The van der Waals surface area contributed by atoms with E-state index in [0.717, 1.165) is 24.6 Å². The van der Waals surface area contributed by atoms with Gasteiger partial charge in [-0.3, -0.25) is 0 Å². The van der Waals surface area contributed by atoms with Crippen molar-refractivity contribution in [2.24, 2.45) is 5.73 Å². The summed E-state index contributed by atoms with van der Waals surface area (Å²) in [4.78, 5) is 9.39. The van der Waals surface area contributed by atoms with Crippen molar-refractivity contribution >= 4 is 5.82 Å². The number of anilines is 1. The summed E-state index contributed by atoms with van der Waals surface area (Å²) in [5, 5.41) is 0. The van der Waals surface area contributed by atoms with Crippen LogP contribution in [0.2, 0.25) is 0 Å². The molecule has 0 aliphatic carbocycles. The number of likely N-dealkylation sites (N-methyl/N-ethyl adjacent to an activating group) is 1. The molecule has 1 fully saturated rings. The summed E-state index contributed by atoms with van der Waals surface area (Å²) in [6.45, 7) is 6.87. The summed E-state index contributed by atoms with van der Waals surface area (Å²) in [6, 6.07) is 2.74. The summed E-state index contributed by atoms with van der Waals surface area (Å²) in [5.41, 5.74) is 9.42. The van der Waals surface area contributed by atoms with Crippen LogP contribution in [0.5, 0.6) is 0 Å². The average Bonchev–Trinajstić information content (AvgIpc) is 2.77. The third kappa shape index (κ3) is 2.49. The first-order chi connectivity index (χ1) is 8.52. The normalized spacial score (nSPS) is 19.9. The molecule has 1 atom stereocenters. The lowest BCUT2D eigenvalue weighted by Gasteiger charge is -2.24. The first-order valence-corrected chi connectivity index (χ1v) is 6.61. The van der Waals surface area contributed by atoms with Crippen LogP contribution >= 0.6 is 0 Å². The Bertz CT molecular complexity index is 428. The van der Waals surface area contributed by atoms with Gasteiger partial charge in [0.1, 0.15) is 5.82 Å². The van der Waals surface area contributed by atoms with Crippen molar-refractivity contribution in [3.05, 3.63) is 22.9 Å². The van der Waals surface area contributed by atoms with Crippen LogP contribution in [0.25, 0.3) is 0 Å². The van der Waals surface area contributed by atoms with Gasteiger partial charge in [0.25, 0.3) is 0 Å². The van der Waals surface area contributed by atoms with Gasteiger partial charge in [0, 0.05) is 36.9 Å². The molecule has 0 spiro atoms. The molecule has 4 nitrogen and oxygen atoms in total.